The highest BCUT2D eigenvalue weighted by Crippen LogP contribution is 2.65. The number of hydrogen-bond donors (Lipinski definition) is 2. The summed E-state index contributed by atoms with van der Waals surface area (Å²) in [6.07, 6.45) is 9.95. The molecule has 4 aliphatic carbocycles. The van der Waals surface area contributed by atoms with Crippen LogP contribution in [0.3, 0.4) is 0 Å². The molecule has 2 N–H and O–H groups in total. The first-order valence-electron chi connectivity index (χ1n) is 12.5. The molecule has 4 fully saturated rings. The maximum atomic E-state index is 12.7. The highest BCUT2D eigenvalue weighted by molar-refractivity contribution is 5.78. The number of unbranched alkanes of at least 4 members (excludes halogenated alkanes) is 1. The van der Waals surface area contributed by atoms with Gasteiger partial charge in [-0.2, -0.15) is 0 Å². The second-order valence-corrected chi connectivity index (χ2v) is 12.6. The average molecular weight is 417 g/mol. The van der Waals surface area contributed by atoms with Gasteiger partial charge in [-0.05, 0) is 85.4 Å². The molecule has 30 heavy (non-hydrogen) atoms. The summed E-state index contributed by atoms with van der Waals surface area (Å²) in [4.78, 5) is 25.3. The van der Waals surface area contributed by atoms with Crippen molar-refractivity contribution < 1.29 is 9.59 Å². The van der Waals surface area contributed by atoms with Crippen LogP contribution in [0.5, 0.6) is 0 Å². The molecule has 0 aromatic carbocycles. The largest absolute Gasteiger partial charge is 0.353 e. The van der Waals surface area contributed by atoms with Crippen molar-refractivity contribution in [1.82, 2.24) is 10.6 Å². The fourth-order valence-electron chi connectivity index (χ4n) is 8.29. The van der Waals surface area contributed by atoms with Crippen LogP contribution in [0.25, 0.3) is 0 Å². The van der Waals surface area contributed by atoms with E-state index < -0.39 is 0 Å². The lowest BCUT2D eigenvalue weighted by atomic mass is 9.69. The van der Waals surface area contributed by atoms with Crippen molar-refractivity contribution in [2.75, 3.05) is 0 Å². The summed E-state index contributed by atoms with van der Waals surface area (Å²) in [7, 11) is 0. The normalized spacial score (nSPS) is 42.5. The van der Waals surface area contributed by atoms with Crippen LogP contribution in [0, 0.1) is 34.0 Å². The summed E-state index contributed by atoms with van der Waals surface area (Å²) in [5.74, 6) is 2.41. The van der Waals surface area contributed by atoms with Gasteiger partial charge in [-0.3, -0.25) is 9.59 Å². The molecule has 4 aliphatic rings. The lowest BCUT2D eigenvalue weighted by Crippen LogP contribution is -2.56. The number of carbonyl (C=O) groups is 2. The van der Waals surface area contributed by atoms with E-state index in [9.17, 15) is 9.59 Å². The number of carbonyl (C=O) groups excluding carboxylic acids is 2. The average Bonchev–Trinajstić information content (AvgIpc) is 3.18. The van der Waals surface area contributed by atoms with Crippen LogP contribution >= 0.6 is 0 Å². The molecule has 0 radical (unpaired) electrons. The SMILES string of the molecule is C[C@@H]1C[C@@H]2CC[C@]1(NC(=O)CCCCC(=O)N[C@@H]1C[C@@H]3CC[C@]1(C)C3(C)C)C2(C)C. The Bertz CT molecular complexity index is 714. The third-order valence-corrected chi connectivity index (χ3v) is 11.1. The molecule has 4 heteroatoms. The van der Waals surface area contributed by atoms with Gasteiger partial charge in [0.15, 0.2) is 0 Å². The minimum absolute atomic E-state index is 0.0177. The molecular formula is C26H44N2O2. The molecule has 0 aliphatic heterocycles. The zero-order valence-electron chi connectivity index (χ0n) is 20.2. The predicted molar refractivity (Wildman–Crippen MR) is 121 cm³/mol. The molecule has 2 amide bonds. The van der Waals surface area contributed by atoms with Crippen molar-refractivity contribution in [3.63, 3.8) is 0 Å². The Labute approximate surface area is 183 Å². The molecule has 170 valence electrons. The van der Waals surface area contributed by atoms with Crippen molar-refractivity contribution in [1.29, 1.82) is 0 Å². The molecule has 0 saturated heterocycles. The molecule has 0 aromatic heterocycles. The zero-order valence-corrected chi connectivity index (χ0v) is 20.2. The van der Waals surface area contributed by atoms with E-state index in [0.29, 0.717) is 30.2 Å². The highest BCUT2D eigenvalue weighted by Gasteiger charge is 2.63. The van der Waals surface area contributed by atoms with Gasteiger partial charge in [-0.25, -0.2) is 0 Å². The molecule has 4 bridgehead atoms. The second kappa shape index (κ2) is 7.24. The van der Waals surface area contributed by atoms with Crippen LogP contribution < -0.4 is 10.6 Å². The third kappa shape index (κ3) is 3.06. The molecule has 4 saturated carbocycles. The Balaban J connectivity index is 1.20. The van der Waals surface area contributed by atoms with Crippen molar-refractivity contribution in [3.8, 4) is 0 Å². The van der Waals surface area contributed by atoms with Crippen molar-refractivity contribution in [3.05, 3.63) is 0 Å². The van der Waals surface area contributed by atoms with Crippen LogP contribution in [0.1, 0.15) is 106 Å². The van der Waals surface area contributed by atoms with E-state index in [1.54, 1.807) is 0 Å². The van der Waals surface area contributed by atoms with Crippen LogP contribution in [-0.4, -0.2) is 23.4 Å². The topological polar surface area (TPSA) is 58.2 Å². The second-order valence-electron chi connectivity index (χ2n) is 12.6. The number of fused-ring (bicyclic) bond motifs is 4. The van der Waals surface area contributed by atoms with Gasteiger partial charge in [-0.15, -0.1) is 0 Å². The first-order valence-corrected chi connectivity index (χ1v) is 12.5. The number of rotatable bonds is 7. The van der Waals surface area contributed by atoms with Gasteiger partial charge in [0.1, 0.15) is 0 Å². The summed E-state index contributed by atoms with van der Waals surface area (Å²) in [6, 6.07) is 0.322. The van der Waals surface area contributed by atoms with Gasteiger partial charge < -0.3 is 10.6 Å². The number of hydrogen-bond acceptors (Lipinski definition) is 2. The lowest BCUT2D eigenvalue weighted by molar-refractivity contribution is -0.126. The Hall–Kier alpha value is -1.06. The lowest BCUT2D eigenvalue weighted by Gasteiger charge is -2.42. The summed E-state index contributed by atoms with van der Waals surface area (Å²) in [5, 5.41) is 6.81. The fraction of sp³-hybridized carbons (Fsp3) is 0.923. The highest BCUT2D eigenvalue weighted by atomic mass is 16.2. The molecule has 0 spiro atoms. The number of nitrogens with one attached hydrogen (secondary N) is 2. The van der Waals surface area contributed by atoms with Gasteiger partial charge in [0.25, 0.3) is 0 Å². The van der Waals surface area contributed by atoms with E-state index in [0.717, 1.165) is 37.5 Å². The van der Waals surface area contributed by atoms with E-state index in [1.807, 2.05) is 0 Å². The minimum atomic E-state index is -0.0177. The first-order chi connectivity index (χ1) is 13.9. The van der Waals surface area contributed by atoms with Gasteiger partial charge in [0.05, 0.1) is 0 Å². The Morgan fingerprint density at radius 1 is 0.833 bits per heavy atom. The van der Waals surface area contributed by atoms with E-state index in [-0.39, 0.29) is 28.2 Å². The predicted octanol–water partition coefficient (Wildman–Crippen LogP) is 5.21. The third-order valence-electron chi connectivity index (χ3n) is 11.1. The molecular weight excluding hydrogens is 372 g/mol. The van der Waals surface area contributed by atoms with E-state index in [2.05, 4.69) is 52.2 Å². The molecule has 0 heterocycles. The van der Waals surface area contributed by atoms with Crippen molar-refractivity contribution in [2.45, 2.75) is 117 Å². The molecule has 4 nitrogen and oxygen atoms in total. The number of amides is 2. The summed E-state index contributed by atoms with van der Waals surface area (Å²) >= 11 is 0. The van der Waals surface area contributed by atoms with Gasteiger partial charge >= 0.3 is 0 Å². The standard InChI is InChI=1S/C26H44N2O2/c1-17-15-18-12-14-26(17,24(18,4)5)28-22(30)10-8-7-9-21(29)27-20-16-19-11-13-25(20,6)23(19,2)3/h17-20H,7-16H2,1-6H3,(H,27,29)(H,28,30)/t17-,18+,19+,20-,25+,26-/m1/s1. The van der Waals surface area contributed by atoms with Crippen LogP contribution in [0.4, 0.5) is 0 Å². The molecule has 6 atom stereocenters. The maximum absolute atomic E-state index is 12.7. The van der Waals surface area contributed by atoms with Crippen LogP contribution in [-0.2, 0) is 9.59 Å². The van der Waals surface area contributed by atoms with Gasteiger partial charge in [0, 0.05) is 24.4 Å². The Kier molecular flexibility index (Phi) is 5.34. The van der Waals surface area contributed by atoms with E-state index in [4.69, 9.17) is 0 Å². The van der Waals surface area contributed by atoms with E-state index in [1.165, 1.54) is 25.7 Å². The quantitative estimate of drug-likeness (QED) is 0.560. The van der Waals surface area contributed by atoms with Gasteiger partial charge in [-0.1, -0.05) is 41.5 Å². The Morgan fingerprint density at radius 2 is 1.43 bits per heavy atom. The Morgan fingerprint density at radius 3 is 1.93 bits per heavy atom. The van der Waals surface area contributed by atoms with Crippen molar-refractivity contribution in [2.24, 2.45) is 34.0 Å². The smallest absolute Gasteiger partial charge is 0.220 e. The van der Waals surface area contributed by atoms with Crippen LogP contribution in [0.15, 0.2) is 0 Å². The molecule has 0 unspecified atom stereocenters. The first kappa shape index (κ1) is 22.1. The molecule has 4 rings (SSSR count). The maximum Gasteiger partial charge on any atom is 0.220 e. The summed E-state index contributed by atoms with van der Waals surface area (Å²) in [5.41, 5.74) is 0.742. The van der Waals surface area contributed by atoms with Crippen molar-refractivity contribution >= 4 is 11.8 Å². The molecule has 0 aromatic rings. The van der Waals surface area contributed by atoms with Gasteiger partial charge in [0.2, 0.25) is 11.8 Å². The summed E-state index contributed by atoms with van der Waals surface area (Å²) < 4.78 is 0. The minimum Gasteiger partial charge on any atom is -0.353 e. The summed E-state index contributed by atoms with van der Waals surface area (Å²) in [6.45, 7) is 14.1. The van der Waals surface area contributed by atoms with E-state index >= 15 is 0 Å². The monoisotopic (exact) mass is 416 g/mol. The fourth-order valence-corrected chi connectivity index (χ4v) is 8.29. The zero-order chi connectivity index (χ0) is 21.9. The van der Waals surface area contributed by atoms with Crippen LogP contribution in [0.2, 0.25) is 0 Å².